The summed E-state index contributed by atoms with van der Waals surface area (Å²) in [5, 5.41) is 9.67. The quantitative estimate of drug-likeness (QED) is 0.850. The van der Waals surface area contributed by atoms with Crippen LogP contribution >= 0.6 is 0 Å². The Hall–Kier alpha value is -1.96. The number of nitrogens with one attached hydrogen (secondary N) is 1. The molecule has 1 aromatic rings. The van der Waals surface area contributed by atoms with E-state index in [1.54, 1.807) is 13.8 Å². The van der Waals surface area contributed by atoms with Crippen molar-refractivity contribution in [2.75, 3.05) is 0 Å². The predicted octanol–water partition coefficient (Wildman–Crippen LogP) is 1.21. The summed E-state index contributed by atoms with van der Waals surface area (Å²) in [5.41, 5.74) is -0.370. The number of aromatic carboxylic acids is 1. The minimum Gasteiger partial charge on any atom is -0.478 e. The van der Waals surface area contributed by atoms with Gasteiger partial charge in [-0.3, -0.25) is 4.79 Å². The van der Waals surface area contributed by atoms with Gasteiger partial charge in [-0.2, -0.15) is 0 Å². The lowest BCUT2D eigenvalue weighted by Crippen LogP contribution is -2.41. The number of carbonyl (C=O) groups excluding carboxylic acids is 1. The van der Waals surface area contributed by atoms with Gasteiger partial charge in [0.05, 0.1) is 5.56 Å². The minimum atomic E-state index is -4.24. The first kappa shape index (κ1) is 17.1. The summed E-state index contributed by atoms with van der Waals surface area (Å²) in [5.74, 6) is -3.31. The molecule has 0 saturated carbocycles. The maximum atomic E-state index is 13.8. The molecule has 0 aliphatic heterocycles. The highest BCUT2D eigenvalue weighted by molar-refractivity contribution is 7.92. The normalized spacial score (nSPS) is 13.0. The zero-order valence-electron chi connectivity index (χ0n) is 11.8. The fourth-order valence-corrected chi connectivity index (χ4v) is 2.92. The van der Waals surface area contributed by atoms with E-state index in [-0.39, 0.29) is 11.6 Å². The molecule has 6 nitrogen and oxygen atoms in total. The van der Waals surface area contributed by atoms with E-state index in [0.29, 0.717) is 6.07 Å². The number of sulfone groups is 1. The fraction of sp³-hybridized carbons (Fsp3) is 0.385. The molecule has 0 spiro atoms. The van der Waals surface area contributed by atoms with Crippen LogP contribution in [0.3, 0.4) is 0 Å². The summed E-state index contributed by atoms with van der Waals surface area (Å²) in [6.45, 7) is 4.48. The Bertz CT molecular complexity index is 669. The standard InChI is InChI=1S/C13H16FNO5S/c1-7(2)15-12(16)8(3)21(19,20)11-5-4-9(13(17)18)6-10(11)14/h4-8H,1-3H3,(H,15,16)(H,17,18). The van der Waals surface area contributed by atoms with Gasteiger partial charge in [-0.05, 0) is 39.0 Å². The van der Waals surface area contributed by atoms with Crippen LogP contribution in [0.5, 0.6) is 0 Å². The second-order valence-corrected chi connectivity index (χ2v) is 7.04. The maximum Gasteiger partial charge on any atom is 0.335 e. The number of amides is 1. The van der Waals surface area contributed by atoms with Gasteiger partial charge in [0.1, 0.15) is 16.0 Å². The number of benzene rings is 1. The fourth-order valence-electron chi connectivity index (χ4n) is 1.60. The smallest absolute Gasteiger partial charge is 0.335 e. The first-order chi connectivity index (χ1) is 9.57. The largest absolute Gasteiger partial charge is 0.478 e. The lowest BCUT2D eigenvalue weighted by Gasteiger charge is -2.15. The molecule has 8 heteroatoms. The summed E-state index contributed by atoms with van der Waals surface area (Å²) < 4.78 is 38.2. The zero-order valence-corrected chi connectivity index (χ0v) is 12.6. The lowest BCUT2D eigenvalue weighted by molar-refractivity contribution is -0.120. The van der Waals surface area contributed by atoms with Gasteiger partial charge in [0.25, 0.3) is 0 Å². The average Bonchev–Trinajstić information content (AvgIpc) is 2.36. The van der Waals surface area contributed by atoms with Gasteiger partial charge in [0.2, 0.25) is 5.91 Å². The second kappa shape index (κ2) is 6.21. The van der Waals surface area contributed by atoms with Crippen LogP contribution in [0.25, 0.3) is 0 Å². The Morgan fingerprint density at radius 2 is 1.81 bits per heavy atom. The van der Waals surface area contributed by atoms with Crippen molar-refractivity contribution in [1.82, 2.24) is 5.32 Å². The summed E-state index contributed by atoms with van der Waals surface area (Å²) in [6, 6.07) is 2.19. The highest BCUT2D eigenvalue weighted by Gasteiger charge is 2.32. The van der Waals surface area contributed by atoms with Crippen molar-refractivity contribution in [3.8, 4) is 0 Å². The first-order valence-electron chi connectivity index (χ1n) is 6.14. The Balaban J connectivity index is 3.19. The molecular formula is C13H16FNO5S. The molecule has 0 aliphatic carbocycles. The average molecular weight is 317 g/mol. The summed E-state index contributed by atoms with van der Waals surface area (Å²) in [6.07, 6.45) is 0. The maximum absolute atomic E-state index is 13.8. The van der Waals surface area contributed by atoms with Crippen LogP contribution in [0.2, 0.25) is 0 Å². The molecule has 0 aliphatic rings. The highest BCUT2D eigenvalue weighted by Crippen LogP contribution is 2.21. The molecule has 1 aromatic carbocycles. The van der Waals surface area contributed by atoms with Crippen LogP contribution < -0.4 is 5.32 Å². The molecule has 0 radical (unpaired) electrons. The second-order valence-electron chi connectivity index (χ2n) is 4.80. The van der Waals surface area contributed by atoms with E-state index in [1.165, 1.54) is 0 Å². The van der Waals surface area contributed by atoms with Gasteiger partial charge >= 0.3 is 5.97 Å². The number of hydrogen-bond acceptors (Lipinski definition) is 4. The summed E-state index contributed by atoms with van der Waals surface area (Å²) in [4.78, 5) is 21.8. The van der Waals surface area contributed by atoms with Crippen molar-refractivity contribution < 1.29 is 27.5 Å². The number of carboxylic acid groups (broad SMARTS) is 1. The molecule has 0 bridgehead atoms. The number of hydrogen-bond donors (Lipinski definition) is 2. The molecule has 116 valence electrons. The molecule has 1 atom stereocenters. The van der Waals surface area contributed by atoms with Gasteiger partial charge in [0.15, 0.2) is 9.84 Å². The Morgan fingerprint density at radius 1 is 1.24 bits per heavy atom. The molecule has 2 N–H and O–H groups in total. The SMILES string of the molecule is CC(C)NC(=O)C(C)S(=O)(=O)c1ccc(C(=O)O)cc1F. The minimum absolute atomic E-state index is 0.255. The van der Waals surface area contributed by atoms with Crippen molar-refractivity contribution in [1.29, 1.82) is 0 Å². The Labute approximate surface area is 121 Å². The van der Waals surface area contributed by atoms with Crippen molar-refractivity contribution in [2.24, 2.45) is 0 Å². The molecular weight excluding hydrogens is 301 g/mol. The summed E-state index contributed by atoms with van der Waals surface area (Å²) in [7, 11) is -4.24. The number of carboxylic acids is 1. The van der Waals surface area contributed by atoms with Gasteiger partial charge < -0.3 is 10.4 Å². The molecule has 0 heterocycles. The third-order valence-electron chi connectivity index (χ3n) is 2.75. The Morgan fingerprint density at radius 3 is 2.24 bits per heavy atom. The predicted molar refractivity (Wildman–Crippen MR) is 73.3 cm³/mol. The summed E-state index contributed by atoms with van der Waals surface area (Å²) >= 11 is 0. The van der Waals surface area contributed by atoms with E-state index in [2.05, 4.69) is 5.32 Å². The van der Waals surface area contributed by atoms with Crippen LogP contribution in [0.15, 0.2) is 23.1 Å². The van der Waals surface area contributed by atoms with E-state index in [9.17, 15) is 22.4 Å². The number of rotatable bonds is 5. The van der Waals surface area contributed by atoms with Crippen LogP contribution in [-0.4, -0.2) is 36.7 Å². The van der Waals surface area contributed by atoms with E-state index in [1.807, 2.05) is 0 Å². The molecule has 1 unspecified atom stereocenters. The van der Waals surface area contributed by atoms with Gasteiger partial charge in [-0.1, -0.05) is 0 Å². The van der Waals surface area contributed by atoms with Crippen LogP contribution in [0.1, 0.15) is 31.1 Å². The molecule has 0 fully saturated rings. The topological polar surface area (TPSA) is 101 Å². The molecule has 1 rings (SSSR count). The van der Waals surface area contributed by atoms with Crippen molar-refractivity contribution in [2.45, 2.75) is 37.0 Å². The van der Waals surface area contributed by atoms with Crippen molar-refractivity contribution in [3.63, 3.8) is 0 Å². The molecule has 0 aromatic heterocycles. The van der Waals surface area contributed by atoms with E-state index in [4.69, 9.17) is 5.11 Å². The highest BCUT2D eigenvalue weighted by atomic mass is 32.2. The molecule has 21 heavy (non-hydrogen) atoms. The van der Waals surface area contributed by atoms with E-state index >= 15 is 0 Å². The van der Waals surface area contributed by atoms with Crippen LogP contribution in [-0.2, 0) is 14.6 Å². The molecule has 1 amide bonds. The molecule has 0 saturated heterocycles. The first-order valence-corrected chi connectivity index (χ1v) is 7.69. The lowest BCUT2D eigenvalue weighted by atomic mass is 10.2. The van der Waals surface area contributed by atoms with Crippen molar-refractivity contribution >= 4 is 21.7 Å². The van der Waals surface area contributed by atoms with Crippen molar-refractivity contribution in [3.05, 3.63) is 29.6 Å². The third kappa shape index (κ3) is 3.78. The van der Waals surface area contributed by atoms with Crippen LogP contribution in [0, 0.1) is 5.82 Å². The number of halogens is 1. The van der Waals surface area contributed by atoms with Crippen LogP contribution in [0.4, 0.5) is 4.39 Å². The van der Waals surface area contributed by atoms with E-state index < -0.39 is 37.7 Å². The number of carbonyl (C=O) groups is 2. The zero-order chi connectivity index (χ0) is 16.4. The van der Waals surface area contributed by atoms with Gasteiger partial charge in [-0.15, -0.1) is 0 Å². The monoisotopic (exact) mass is 317 g/mol. The van der Waals surface area contributed by atoms with E-state index in [0.717, 1.165) is 19.1 Å². The Kier molecular flexibility index (Phi) is 5.06. The van der Waals surface area contributed by atoms with Gasteiger partial charge in [0, 0.05) is 6.04 Å². The third-order valence-corrected chi connectivity index (χ3v) is 4.84. The van der Waals surface area contributed by atoms with Gasteiger partial charge in [-0.25, -0.2) is 17.6 Å².